The average molecular weight is 498 g/mol. The molecule has 3 amide bonds. The molecule has 0 unspecified atom stereocenters. The fourth-order valence-electron chi connectivity index (χ4n) is 5.74. The zero-order valence-electron chi connectivity index (χ0n) is 18.2. The maximum Gasteiger partial charge on any atom is 0.303 e. The van der Waals surface area contributed by atoms with Gasteiger partial charge in [0, 0.05) is 28.7 Å². The van der Waals surface area contributed by atoms with Crippen LogP contribution in [0.4, 0.5) is 5.69 Å². The number of fused-ring (bicyclic) bond motifs is 5. The molecule has 35 heavy (non-hydrogen) atoms. The summed E-state index contributed by atoms with van der Waals surface area (Å²) in [4.78, 5) is 53.3. The van der Waals surface area contributed by atoms with E-state index in [1.54, 1.807) is 36.4 Å². The van der Waals surface area contributed by atoms with Crippen LogP contribution in [0.2, 0.25) is 5.02 Å². The van der Waals surface area contributed by atoms with E-state index in [4.69, 9.17) is 21.1 Å². The predicted octanol–water partition coefficient (Wildman–Crippen LogP) is 1.85. The Morgan fingerprint density at radius 1 is 1.11 bits per heavy atom. The highest BCUT2D eigenvalue weighted by Gasteiger charge is 2.70. The Balaban J connectivity index is 1.40. The Labute approximate surface area is 204 Å². The van der Waals surface area contributed by atoms with Gasteiger partial charge in [-0.25, -0.2) is 0 Å². The molecule has 0 bridgehead atoms. The van der Waals surface area contributed by atoms with Crippen molar-refractivity contribution in [1.82, 2.24) is 10.2 Å². The van der Waals surface area contributed by atoms with Gasteiger partial charge in [-0.15, -0.1) is 0 Å². The van der Waals surface area contributed by atoms with E-state index in [2.05, 4.69) is 10.6 Å². The summed E-state index contributed by atoms with van der Waals surface area (Å²) >= 11 is 6.23. The molecule has 3 N–H and O–H groups in total. The topological polar surface area (TPSA) is 134 Å². The predicted molar refractivity (Wildman–Crippen MR) is 121 cm³/mol. The van der Waals surface area contributed by atoms with E-state index >= 15 is 0 Å². The standard InChI is InChI=1S/C24H20ClN3O7/c25-12-2-3-14-13(8-12)24(23(33)26-14)20-19(15(27-24)4-6-18(29)30)21(31)28(22(20)32)9-11-1-5-16-17(7-11)35-10-34-16/h1-3,5,7-8,15,19-20,27H,4,6,9-10H2,(H,26,33)(H,29,30)/t15-,19-,20+,24+/m1/s1. The van der Waals surface area contributed by atoms with Gasteiger partial charge in [-0.2, -0.15) is 0 Å². The van der Waals surface area contributed by atoms with Crippen LogP contribution in [0.15, 0.2) is 36.4 Å². The Morgan fingerprint density at radius 2 is 1.91 bits per heavy atom. The lowest BCUT2D eigenvalue weighted by Gasteiger charge is -2.29. The summed E-state index contributed by atoms with van der Waals surface area (Å²) in [6, 6.07) is 9.37. The Hall–Kier alpha value is -3.63. The second kappa shape index (κ2) is 7.69. The highest BCUT2D eigenvalue weighted by molar-refractivity contribution is 6.31. The van der Waals surface area contributed by atoms with Crippen molar-refractivity contribution in [1.29, 1.82) is 0 Å². The molecule has 6 rings (SSSR count). The molecule has 1 spiro atoms. The number of rotatable bonds is 5. The van der Waals surface area contributed by atoms with Crippen LogP contribution in [0.3, 0.4) is 0 Å². The normalized spacial score (nSPS) is 28.0. The number of hydrogen-bond acceptors (Lipinski definition) is 7. The fourth-order valence-corrected chi connectivity index (χ4v) is 5.91. The van der Waals surface area contributed by atoms with Gasteiger partial charge >= 0.3 is 5.97 Å². The number of hydrogen-bond donors (Lipinski definition) is 3. The van der Waals surface area contributed by atoms with E-state index in [0.717, 1.165) is 4.90 Å². The van der Waals surface area contributed by atoms with Crippen LogP contribution in [0.1, 0.15) is 24.0 Å². The Morgan fingerprint density at radius 3 is 2.71 bits per heavy atom. The summed E-state index contributed by atoms with van der Waals surface area (Å²) in [5, 5.41) is 15.6. The largest absolute Gasteiger partial charge is 0.481 e. The van der Waals surface area contributed by atoms with E-state index in [1.807, 2.05) is 0 Å². The first kappa shape index (κ1) is 21.9. The molecule has 4 atom stereocenters. The van der Waals surface area contributed by atoms with Gasteiger partial charge in [-0.05, 0) is 42.3 Å². The van der Waals surface area contributed by atoms with Gasteiger partial charge in [0.05, 0.1) is 18.4 Å². The van der Waals surface area contributed by atoms with Crippen molar-refractivity contribution in [3.63, 3.8) is 0 Å². The van der Waals surface area contributed by atoms with Crippen molar-refractivity contribution in [3.8, 4) is 11.5 Å². The minimum absolute atomic E-state index is 0.00689. The van der Waals surface area contributed by atoms with Crippen molar-refractivity contribution < 1.29 is 33.8 Å². The molecule has 0 aromatic heterocycles. The van der Waals surface area contributed by atoms with Gasteiger partial charge in [0.1, 0.15) is 5.54 Å². The van der Waals surface area contributed by atoms with E-state index in [9.17, 15) is 24.3 Å². The fraction of sp³-hybridized carbons (Fsp3) is 0.333. The quantitative estimate of drug-likeness (QED) is 0.533. The smallest absolute Gasteiger partial charge is 0.303 e. The van der Waals surface area contributed by atoms with E-state index in [1.165, 1.54) is 0 Å². The second-order valence-corrected chi connectivity index (χ2v) is 9.53. The SMILES string of the molecule is O=C(O)CC[C@H]1N[C@]2(C(=O)Nc3ccc(Cl)cc32)[C@@H]2C(=O)N(Cc3ccc4c(c3)OCO4)C(=O)[C@@H]21. The highest BCUT2D eigenvalue weighted by Crippen LogP contribution is 2.54. The molecule has 4 heterocycles. The minimum atomic E-state index is -1.52. The number of anilines is 1. The molecule has 4 aliphatic heterocycles. The molecule has 0 radical (unpaired) electrons. The van der Waals surface area contributed by atoms with Gasteiger partial charge in [0.25, 0.3) is 0 Å². The zero-order valence-corrected chi connectivity index (χ0v) is 19.0. The summed E-state index contributed by atoms with van der Waals surface area (Å²) in [6.07, 6.45) is -0.136. The molecule has 0 saturated carbocycles. The van der Waals surface area contributed by atoms with Crippen LogP contribution in [0.5, 0.6) is 11.5 Å². The number of aliphatic carboxylic acids is 1. The number of halogens is 1. The molecule has 10 nitrogen and oxygen atoms in total. The lowest BCUT2D eigenvalue weighted by atomic mass is 9.76. The molecule has 2 fully saturated rings. The first-order valence-corrected chi connectivity index (χ1v) is 11.5. The van der Waals surface area contributed by atoms with Crippen LogP contribution in [0.25, 0.3) is 0 Å². The molecule has 2 saturated heterocycles. The first-order chi connectivity index (χ1) is 16.8. The monoisotopic (exact) mass is 497 g/mol. The number of nitrogens with one attached hydrogen (secondary N) is 2. The van der Waals surface area contributed by atoms with Gasteiger partial charge < -0.3 is 19.9 Å². The molecule has 0 aliphatic carbocycles. The van der Waals surface area contributed by atoms with E-state index in [0.29, 0.717) is 33.3 Å². The van der Waals surface area contributed by atoms with Crippen LogP contribution in [-0.4, -0.2) is 46.5 Å². The van der Waals surface area contributed by atoms with Gasteiger partial charge in [-0.1, -0.05) is 17.7 Å². The van der Waals surface area contributed by atoms with Crippen LogP contribution < -0.4 is 20.1 Å². The van der Waals surface area contributed by atoms with Crippen molar-refractivity contribution >= 4 is 41.0 Å². The maximum atomic E-state index is 13.8. The van der Waals surface area contributed by atoms with Crippen molar-refractivity contribution in [3.05, 3.63) is 52.5 Å². The van der Waals surface area contributed by atoms with Crippen LogP contribution in [0, 0.1) is 11.8 Å². The number of ether oxygens (including phenoxy) is 2. The molecule has 4 aliphatic rings. The number of imide groups is 1. The number of benzene rings is 2. The molecular formula is C24H20ClN3O7. The van der Waals surface area contributed by atoms with Gasteiger partial charge in [-0.3, -0.25) is 29.4 Å². The van der Waals surface area contributed by atoms with Gasteiger partial charge in [0.2, 0.25) is 24.5 Å². The third kappa shape index (κ3) is 3.13. The lowest BCUT2D eigenvalue weighted by molar-refractivity contribution is -0.144. The van der Waals surface area contributed by atoms with E-state index in [-0.39, 0.29) is 26.2 Å². The number of nitrogens with zero attached hydrogens (tertiary/aromatic N) is 1. The minimum Gasteiger partial charge on any atom is -0.481 e. The number of likely N-dealkylation sites (tertiary alicyclic amines) is 1. The summed E-state index contributed by atoms with van der Waals surface area (Å²) in [7, 11) is 0. The van der Waals surface area contributed by atoms with Crippen LogP contribution >= 0.6 is 11.6 Å². The lowest BCUT2D eigenvalue weighted by Crippen LogP contribution is -2.53. The third-order valence-corrected chi connectivity index (χ3v) is 7.45. The molecule has 2 aromatic carbocycles. The Bertz CT molecular complexity index is 1310. The van der Waals surface area contributed by atoms with E-state index < -0.39 is 47.1 Å². The Kier molecular flexibility index (Phi) is 4.81. The van der Waals surface area contributed by atoms with Gasteiger partial charge in [0.15, 0.2) is 11.5 Å². The first-order valence-electron chi connectivity index (χ1n) is 11.1. The number of carboxylic acid groups (broad SMARTS) is 1. The summed E-state index contributed by atoms with van der Waals surface area (Å²) in [6.45, 7) is 0.0914. The molecule has 11 heteroatoms. The summed E-state index contributed by atoms with van der Waals surface area (Å²) < 4.78 is 10.7. The highest BCUT2D eigenvalue weighted by atomic mass is 35.5. The number of amides is 3. The number of carbonyl (C=O) groups excluding carboxylic acids is 3. The number of carbonyl (C=O) groups is 4. The van der Waals surface area contributed by atoms with Crippen molar-refractivity contribution in [2.24, 2.45) is 11.8 Å². The zero-order chi connectivity index (χ0) is 24.5. The second-order valence-electron chi connectivity index (χ2n) is 9.09. The summed E-state index contributed by atoms with van der Waals surface area (Å²) in [5.41, 5.74) is 0.122. The third-order valence-electron chi connectivity index (χ3n) is 7.22. The average Bonchev–Trinajstić information content (AvgIpc) is 3.55. The summed E-state index contributed by atoms with van der Waals surface area (Å²) in [5.74, 6) is -3.26. The van der Waals surface area contributed by atoms with Crippen molar-refractivity contribution in [2.75, 3.05) is 12.1 Å². The maximum absolute atomic E-state index is 13.8. The molecular weight excluding hydrogens is 478 g/mol. The van der Waals surface area contributed by atoms with Crippen LogP contribution in [-0.2, 0) is 31.3 Å². The van der Waals surface area contributed by atoms with Crippen molar-refractivity contribution in [2.45, 2.75) is 31.0 Å². The molecule has 180 valence electrons. The number of carboxylic acids is 1. The molecule has 2 aromatic rings.